The second-order valence-electron chi connectivity index (χ2n) is 8.19. The number of hydrogen-bond donors (Lipinski definition) is 1. The quantitative estimate of drug-likeness (QED) is 0.506. The number of amides is 1. The summed E-state index contributed by atoms with van der Waals surface area (Å²) in [5, 5.41) is 5.17. The van der Waals surface area contributed by atoms with E-state index in [2.05, 4.69) is 33.0 Å². The Morgan fingerprint density at radius 2 is 1.47 bits per heavy atom. The lowest BCUT2D eigenvalue weighted by atomic mass is 9.92. The number of esters is 1. The first kappa shape index (κ1) is 21.6. The van der Waals surface area contributed by atoms with Crippen molar-refractivity contribution in [1.82, 2.24) is 0 Å². The lowest BCUT2D eigenvalue weighted by Crippen LogP contribution is -2.23. The fraction of sp³-hybridized carbons (Fsp3) is 0.308. The van der Waals surface area contributed by atoms with Gasteiger partial charge in [0.2, 0.25) is 0 Å². The van der Waals surface area contributed by atoms with Gasteiger partial charge in [0, 0.05) is 5.69 Å². The third-order valence-electron chi connectivity index (χ3n) is 5.16. The number of fused-ring (bicyclic) bond motifs is 1. The molecular weight excluding hydrogens is 374 g/mol. The number of para-hydroxylation sites is 1. The van der Waals surface area contributed by atoms with Crippen LogP contribution in [-0.2, 0) is 20.7 Å². The summed E-state index contributed by atoms with van der Waals surface area (Å²) in [6, 6.07) is 19.9. The zero-order valence-corrected chi connectivity index (χ0v) is 18.1. The van der Waals surface area contributed by atoms with Crippen molar-refractivity contribution in [1.29, 1.82) is 0 Å². The molecule has 0 fully saturated rings. The predicted octanol–water partition coefficient (Wildman–Crippen LogP) is 5.81. The Kier molecular flexibility index (Phi) is 6.88. The number of anilines is 1. The first-order valence-electron chi connectivity index (χ1n) is 10.4. The van der Waals surface area contributed by atoms with Gasteiger partial charge in [-0.05, 0) is 39.3 Å². The van der Waals surface area contributed by atoms with Crippen LogP contribution in [0.4, 0.5) is 5.69 Å². The molecule has 0 aliphatic heterocycles. The molecule has 0 spiro atoms. The van der Waals surface area contributed by atoms with Gasteiger partial charge in [0.05, 0.1) is 6.42 Å². The summed E-state index contributed by atoms with van der Waals surface area (Å²) in [4.78, 5) is 24.8. The third-order valence-corrected chi connectivity index (χ3v) is 5.16. The van der Waals surface area contributed by atoms with E-state index in [1.807, 2.05) is 60.7 Å². The zero-order valence-electron chi connectivity index (χ0n) is 18.1. The van der Waals surface area contributed by atoms with Gasteiger partial charge in [0.1, 0.15) is 0 Å². The number of hydrogen-bond acceptors (Lipinski definition) is 3. The first-order valence-corrected chi connectivity index (χ1v) is 10.4. The van der Waals surface area contributed by atoms with Crippen molar-refractivity contribution < 1.29 is 14.3 Å². The van der Waals surface area contributed by atoms with E-state index in [1.54, 1.807) is 0 Å². The molecule has 1 N–H and O–H groups in total. The summed E-state index contributed by atoms with van der Waals surface area (Å²) < 4.78 is 5.24. The standard InChI is InChI=1S/C26H29NO3/c1-17(2)22-10-7-11-23(18(3)4)26(22)27-24(28)16-30-25(29)15-19-12-13-20-8-5-6-9-21(20)14-19/h5-14,17-18H,15-16H2,1-4H3,(H,27,28). The lowest BCUT2D eigenvalue weighted by Gasteiger charge is -2.20. The van der Waals surface area contributed by atoms with E-state index < -0.39 is 5.97 Å². The first-order chi connectivity index (χ1) is 14.3. The van der Waals surface area contributed by atoms with Crippen molar-refractivity contribution in [2.75, 3.05) is 11.9 Å². The fourth-order valence-electron chi connectivity index (χ4n) is 3.58. The van der Waals surface area contributed by atoms with Crippen molar-refractivity contribution in [2.24, 2.45) is 0 Å². The smallest absolute Gasteiger partial charge is 0.310 e. The molecule has 0 aliphatic rings. The van der Waals surface area contributed by atoms with Crippen LogP contribution in [0.15, 0.2) is 60.7 Å². The molecule has 0 radical (unpaired) electrons. The van der Waals surface area contributed by atoms with E-state index >= 15 is 0 Å². The van der Waals surface area contributed by atoms with E-state index in [9.17, 15) is 9.59 Å². The Labute approximate surface area is 178 Å². The van der Waals surface area contributed by atoms with Gasteiger partial charge in [0.25, 0.3) is 5.91 Å². The monoisotopic (exact) mass is 403 g/mol. The summed E-state index contributed by atoms with van der Waals surface area (Å²) in [6.07, 6.45) is 0.137. The highest BCUT2D eigenvalue weighted by molar-refractivity contribution is 5.94. The van der Waals surface area contributed by atoms with E-state index in [0.717, 1.165) is 33.2 Å². The fourth-order valence-corrected chi connectivity index (χ4v) is 3.58. The average Bonchev–Trinajstić information content (AvgIpc) is 2.72. The van der Waals surface area contributed by atoms with Crippen LogP contribution < -0.4 is 5.32 Å². The topological polar surface area (TPSA) is 55.4 Å². The zero-order chi connectivity index (χ0) is 21.7. The van der Waals surface area contributed by atoms with Crippen LogP contribution >= 0.6 is 0 Å². The van der Waals surface area contributed by atoms with Crippen molar-refractivity contribution in [3.63, 3.8) is 0 Å². The van der Waals surface area contributed by atoms with Gasteiger partial charge in [-0.15, -0.1) is 0 Å². The van der Waals surface area contributed by atoms with Gasteiger partial charge in [-0.1, -0.05) is 88.4 Å². The van der Waals surface area contributed by atoms with Crippen LogP contribution in [0.3, 0.4) is 0 Å². The molecule has 0 bridgehead atoms. The molecule has 0 unspecified atom stereocenters. The molecule has 3 aromatic carbocycles. The molecule has 3 aromatic rings. The van der Waals surface area contributed by atoms with Crippen LogP contribution in [0.25, 0.3) is 10.8 Å². The maximum Gasteiger partial charge on any atom is 0.310 e. The summed E-state index contributed by atoms with van der Waals surface area (Å²) in [5.41, 5.74) is 3.86. The predicted molar refractivity (Wildman–Crippen MR) is 122 cm³/mol. The molecule has 0 atom stereocenters. The van der Waals surface area contributed by atoms with Gasteiger partial charge in [-0.3, -0.25) is 9.59 Å². The minimum absolute atomic E-state index is 0.137. The van der Waals surface area contributed by atoms with Gasteiger partial charge >= 0.3 is 5.97 Å². The van der Waals surface area contributed by atoms with Crippen molar-refractivity contribution in [3.8, 4) is 0 Å². The molecule has 30 heavy (non-hydrogen) atoms. The average molecular weight is 404 g/mol. The van der Waals surface area contributed by atoms with E-state index in [-0.39, 0.29) is 30.8 Å². The largest absolute Gasteiger partial charge is 0.455 e. The van der Waals surface area contributed by atoms with Crippen molar-refractivity contribution in [3.05, 3.63) is 77.4 Å². The number of benzene rings is 3. The molecular formula is C26H29NO3. The van der Waals surface area contributed by atoms with Crippen LogP contribution in [0.5, 0.6) is 0 Å². The Balaban J connectivity index is 1.62. The Morgan fingerprint density at radius 3 is 2.10 bits per heavy atom. The molecule has 0 aromatic heterocycles. The van der Waals surface area contributed by atoms with Crippen LogP contribution in [0, 0.1) is 0 Å². The summed E-state index contributed by atoms with van der Waals surface area (Å²) in [7, 11) is 0. The minimum atomic E-state index is -0.415. The van der Waals surface area contributed by atoms with Gasteiger partial charge < -0.3 is 10.1 Å². The van der Waals surface area contributed by atoms with Crippen LogP contribution in [-0.4, -0.2) is 18.5 Å². The molecule has 156 valence electrons. The van der Waals surface area contributed by atoms with Crippen molar-refractivity contribution in [2.45, 2.75) is 46.0 Å². The molecule has 4 nitrogen and oxygen atoms in total. The molecule has 1 amide bonds. The number of nitrogens with one attached hydrogen (secondary N) is 1. The number of rotatable bonds is 7. The summed E-state index contributed by atoms with van der Waals surface area (Å²) in [6.45, 7) is 8.09. The number of carbonyl (C=O) groups is 2. The number of carbonyl (C=O) groups excluding carboxylic acids is 2. The maximum absolute atomic E-state index is 12.5. The molecule has 3 rings (SSSR count). The second-order valence-corrected chi connectivity index (χ2v) is 8.19. The van der Waals surface area contributed by atoms with Crippen molar-refractivity contribution >= 4 is 28.3 Å². The molecule has 0 heterocycles. The molecule has 0 saturated heterocycles. The highest BCUT2D eigenvalue weighted by Crippen LogP contribution is 2.32. The van der Waals surface area contributed by atoms with Crippen LogP contribution in [0.2, 0.25) is 0 Å². The van der Waals surface area contributed by atoms with E-state index in [4.69, 9.17) is 4.74 Å². The van der Waals surface area contributed by atoms with Crippen LogP contribution in [0.1, 0.15) is 56.2 Å². The normalized spacial score (nSPS) is 11.1. The Bertz CT molecular complexity index is 1030. The van der Waals surface area contributed by atoms with Gasteiger partial charge in [0.15, 0.2) is 6.61 Å². The lowest BCUT2D eigenvalue weighted by molar-refractivity contribution is -0.146. The molecule has 0 aliphatic carbocycles. The SMILES string of the molecule is CC(C)c1cccc(C(C)C)c1NC(=O)COC(=O)Cc1ccc2ccccc2c1. The van der Waals surface area contributed by atoms with Gasteiger partial charge in [-0.2, -0.15) is 0 Å². The molecule has 0 saturated carbocycles. The highest BCUT2D eigenvalue weighted by atomic mass is 16.5. The van der Waals surface area contributed by atoms with E-state index in [1.165, 1.54) is 0 Å². The Hall–Kier alpha value is -3.14. The second kappa shape index (κ2) is 9.57. The highest BCUT2D eigenvalue weighted by Gasteiger charge is 2.17. The number of ether oxygens (including phenoxy) is 1. The summed E-state index contributed by atoms with van der Waals surface area (Å²) in [5.74, 6) is -0.192. The Morgan fingerprint density at radius 1 is 0.833 bits per heavy atom. The third kappa shape index (κ3) is 5.26. The minimum Gasteiger partial charge on any atom is -0.455 e. The molecule has 4 heteroatoms. The summed E-state index contributed by atoms with van der Waals surface area (Å²) >= 11 is 0. The van der Waals surface area contributed by atoms with E-state index in [0.29, 0.717) is 0 Å². The van der Waals surface area contributed by atoms with Gasteiger partial charge in [-0.25, -0.2) is 0 Å². The maximum atomic E-state index is 12.5.